The zero-order valence-corrected chi connectivity index (χ0v) is 19.5. The van der Waals surface area contributed by atoms with Crippen molar-refractivity contribution < 1.29 is 19.4 Å². The first kappa shape index (κ1) is 23.7. The number of benzene rings is 2. The molecule has 1 saturated heterocycles. The van der Waals surface area contributed by atoms with Crippen LogP contribution in [-0.2, 0) is 4.74 Å². The first-order valence-electron chi connectivity index (χ1n) is 10.7. The first-order chi connectivity index (χ1) is 16.2. The molecule has 178 valence electrons. The summed E-state index contributed by atoms with van der Waals surface area (Å²) < 4.78 is 6.33. The van der Waals surface area contributed by atoms with Gasteiger partial charge in [0.1, 0.15) is 0 Å². The van der Waals surface area contributed by atoms with Crippen LogP contribution in [0.4, 0.5) is 16.5 Å². The molecule has 1 fully saturated rings. The summed E-state index contributed by atoms with van der Waals surface area (Å²) in [7, 11) is 0. The van der Waals surface area contributed by atoms with Crippen LogP contribution in [0.2, 0.25) is 0 Å². The van der Waals surface area contributed by atoms with E-state index in [0.717, 1.165) is 52.6 Å². The second-order valence-electron chi connectivity index (χ2n) is 8.04. The van der Waals surface area contributed by atoms with E-state index in [1.54, 1.807) is 0 Å². The molecule has 3 aromatic rings. The van der Waals surface area contributed by atoms with Crippen LogP contribution in [-0.4, -0.2) is 65.0 Å². The number of nitrogens with zero attached hydrogens (tertiary/aromatic N) is 5. The van der Waals surface area contributed by atoms with Gasteiger partial charge in [0.15, 0.2) is 5.13 Å². The Kier molecular flexibility index (Phi) is 6.82. The Morgan fingerprint density at radius 2 is 1.71 bits per heavy atom. The normalized spacial score (nSPS) is 14.3. The van der Waals surface area contributed by atoms with Gasteiger partial charge in [-0.05, 0) is 25.0 Å². The van der Waals surface area contributed by atoms with Crippen molar-refractivity contribution in [3.05, 3.63) is 67.3 Å². The highest BCUT2D eigenvalue weighted by atomic mass is 32.1. The Hall–Kier alpha value is -3.48. The Labute approximate surface area is 198 Å². The van der Waals surface area contributed by atoms with E-state index in [1.807, 2.05) is 26.0 Å². The number of aromatic nitrogens is 1. The molecule has 0 atom stereocenters. The largest absolute Gasteiger partial charge is 0.379 e. The predicted octanol–water partition coefficient (Wildman–Crippen LogP) is 3.71. The summed E-state index contributed by atoms with van der Waals surface area (Å²) in [6, 6.07) is 6.94. The maximum Gasteiger partial charge on any atom is 0.277 e. The van der Waals surface area contributed by atoms with Crippen LogP contribution in [0.25, 0.3) is 10.2 Å². The number of non-ortho nitro benzene ring substituents is 2. The molecule has 0 unspecified atom stereocenters. The number of carbonyl (C=O) groups excluding carboxylic acids is 1. The molecular formula is C22H23N5O6S. The van der Waals surface area contributed by atoms with Crippen LogP contribution in [0.15, 0.2) is 30.3 Å². The second-order valence-corrected chi connectivity index (χ2v) is 9.01. The van der Waals surface area contributed by atoms with Crippen molar-refractivity contribution >= 4 is 44.0 Å². The molecule has 1 aliphatic rings. The molecule has 0 N–H and O–H groups in total. The molecule has 1 aliphatic heterocycles. The fraction of sp³-hybridized carbons (Fsp3) is 0.364. The summed E-state index contributed by atoms with van der Waals surface area (Å²) in [5.41, 5.74) is 1.62. The number of anilines is 1. The molecule has 0 saturated carbocycles. The summed E-state index contributed by atoms with van der Waals surface area (Å²) in [5.74, 6) is -0.575. The quantitative estimate of drug-likeness (QED) is 0.365. The van der Waals surface area contributed by atoms with Gasteiger partial charge >= 0.3 is 0 Å². The lowest BCUT2D eigenvalue weighted by molar-refractivity contribution is -0.394. The molecule has 0 spiro atoms. The Balaban J connectivity index is 1.75. The van der Waals surface area contributed by atoms with E-state index in [9.17, 15) is 25.0 Å². The van der Waals surface area contributed by atoms with Crippen molar-refractivity contribution in [2.24, 2.45) is 0 Å². The average Bonchev–Trinajstić information content (AvgIpc) is 3.28. The van der Waals surface area contributed by atoms with Gasteiger partial charge in [-0.25, -0.2) is 4.98 Å². The van der Waals surface area contributed by atoms with E-state index < -0.39 is 27.1 Å². The zero-order valence-electron chi connectivity index (χ0n) is 18.7. The third kappa shape index (κ3) is 4.88. The summed E-state index contributed by atoms with van der Waals surface area (Å²) in [6.07, 6.45) is 0. The average molecular weight is 486 g/mol. The Morgan fingerprint density at radius 1 is 1.09 bits per heavy atom. The molecule has 0 bridgehead atoms. The van der Waals surface area contributed by atoms with Crippen LogP contribution < -0.4 is 4.90 Å². The minimum absolute atomic E-state index is 0.129. The highest BCUT2D eigenvalue weighted by molar-refractivity contribution is 7.22. The SMILES string of the molecule is Cc1ccc(C)c2sc(N(CCN3CCOCC3)C(=O)c3cc([N+](=O)[O-])cc([N+](=O)[O-])c3)nc12. The van der Waals surface area contributed by atoms with Crippen molar-refractivity contribution in [3.8, 4) is 0 Å². The molecule has 34 heavy (non-hydrogen) atoms. The highest BCUT2D eigenvalue weighted by Crippen LogP contribution is 2.34. The van der Waals surface area contributed by atoms with Crippen LogP contribution in [0.3, 0.4) is 0 Å². The third-order valence-corrected chi connectivity index (χ3v) is 6.94. The van der Waals surface area contributed by atoms with E-state index in [-0.39, 0.29) is 12.1 Å². The van der Waals surface area contributed by atoms with Crippen molar-refractivity contribution in [1.29, 1.82) is 0 Å². The Morgan fingerprint density at radius 3 is 2.29 bits per heavy atom. The number of carbonyl (C=O) groups is 1. The summed E-state index contributed by atoms with van der Waals surface area (Å²) in [4.78, 5) is 43.1. The van der Waals surface area contributed by atoms with Gasteiger partial charge in [-0.3, -0.25) is 34.8 Å². The smallest absolute Gasteiger partial charge is 0.277 e. The minimum atomic E-state index is -0.744. The van der Waals surface area contributed by atoms with Gasteiger partial charge in [0.05, 0.1) is 44.9 Å². The number of ether oxygens (including phenoxy) is 1. The predicted molar refractivity (Wildman–Crippen MR) is 128 cm³/mol. The maximum absolute atomic E-state index is 13.6. The van der Waals surface area contributed by atoms with Gasteiger partial charge in [0.2, 0.25) is 0 Å². The standard InChI is InChI=1S/C22H23N5O6S/c1-14-3-4-15(2)20-19(14)23-22(34-20)25(6-5-24-7-9-33-10-8-24)21(28)16-11-17(26(29)30)13-18(12-16)27(31)32/h3-4,11-13H,5-10H2,1-2H3. The van der Waals surface area contributed by atoms with E-state index in [2.05, 4.69) is 4.90 Å². The lowest BCUT2D eigenvalue weighted by atomic mass is 10.1. The number of thiazole rings is 1. The second kappa shape index (κ2) is 9.79. The fourth-order valence-electron chi connectivity index (χ4n) is 3.80. The summed E-state index contributed by atoms with van der Waals surface area (Å²) in [5, 5.41) is 23.1. The third-order valence-electron chi connectivity index (χ3n) is 5.72. The number of nitro groups is 2. The van der Waals surface area contributed by atoms with Crippen molar-refractivity contribution in [1.82, 2.24) is 9.88 Å². The summed E-state index contributed by atoms with van der Waals surface area (Å²) >= 11 is 1.36. The number of hydrogen-bond donors (Lipinski definition) is 0. The van der Waals surface area contributed by atoms with Gasteiger partial charge in [-0.2, -0.15) is 0 Å². The molecule has 1 aromatic heterocycles. The lowest BCUT2D eigenvalue weighted by Gasteiger charge is -2.29. The highest BCUT2D eigenvalue weighted by Gasteiger charge is 2.27. The zero-order chi connectivity index (χ0) is 24.4. The Bertz CT molecular complexity index is 1200. The van der Waals surface area contributed by atoms with Crippen LogP contribution in [0.1, 0.15) is 21.5 Å². The molecule has 2 heterocycles. The van der Waals surface area contributed by atoms with Gasteiger partial charge in [0.25, 0.3) is 17.3 Å². The molecule has 0 radical (unpaired) electrons. The lowest BCUT2D eigenvalue weighted by Crippen LogP contribution is -2.43. The number of nitro benzene ring substituents is 2. The molecule has 1 amide bonds. The molecule has 0 aliphatic carbocycles. The van der Waals surface area contributed by atoms with Crippen molar-refractivity contribution in [2.45, 2.75) is 13.8 Å². The first-order valence-corrected chi connectivity index (χ1v) is 11.5. The number of amides is 1. The van der Waals surface area contributed by atoms with Crippen LogP contribution in [0, 0.1) is 34.1 Å². The monoisotopic (exact) mass is 485 g/mol. The van der Waals surface area contributed by atoms with E-state index in [4.69, 9.17) is 9.72 Å². The fourth-order valence-corrected chi connectivity index (χ4v) is 4.94. The van der Waals surface area contributed by atoms with Gasteiger partial charge in [0, 0.05) is 38.3 Å². The number of hydrogen-bond acceptors (Lipinski definition) is 9. The number of morpholine rings is 1. The maximum atomic E-state index is 13.6. The van der Waals surface area contributed by atoms with Crippen molar-refractivity contribution in [3.63, 3.8) is 0 Å². The van der Waals surface area contributed by atoms with Gasteiger partial charge in [-0.1, -0.05) is 23.5 Å². The van der Waals surface area contributed by atoms with E-state index in [0.29, 0.717) is 24.9 Å². The minimum Gasteiger partial charge on any atom is -0.379 e. The van der Waals surface area contributed by atoms with E-state index >= 15 is 0 Å². The van der Waals surface area contributed by atoms with Gasteiger partial charge < -0.3 is 4.74 Å². The van der Waals surface area contributed by atoms with Crippen molar-refractivity contribution in [2.75, 3.05) is 44.3 Å². The molecule has 2 aromatic carbocycles. The number of aryl methyl sites for hydroxylation is 2. The number of fused-ring (bicyclic) bond motifs is 1. The number of rotatable bonds is 7. The molecule has 12 heteroatoms. The molecular weight excluding hydrogens is 462 g/mol. The topological polar surface area (TPSA) is 132 Å². The molecule has 4 rings (SSSR count). The van der Waals surface area contributed by atoms with Gasteiger partial charge in [-0.15, -0.1) is 0 Å². The molecule has 11 nitrogen and oxygen atoms in total. The van der Waals surface area contributed by atoms with Crippen LogP contribution >= 0.6 is 11.3 Å². The summed E-state index contributed by atoms with van der Waals surface area (Å²) in [6.45, 7) is 7.37. The van der Waals surface area contributed by atoms with E-state index in [1.165, 1.54) is 16.2 Å². The van der Waals surface area contributed by atoms with Crippen LogP contribution in [0.5, 0.6) is 0 Å².